The number of amides is 1. The number of hydrogen-bond acceptors (Lipinski definition) is 4. The predicted octanol–water partition coefficient (Wildman–Crippen LogP) is 4.69. The van der Waals surface area contributed by atoms with E-state index in [1.807, 2.05) is 0 Å². The van der Waals surface area contributed by atoms with Crippen LogP contribution < -0.4 is 0 Å². The molecule has 28 heavy (non-hydrogen) atoms. The summed E-state index contributed by atoms with van der Waals surface area (Å²) in [6, 6.07) is 5.48. The van der Waals surface area contributed by atoms with E-state index in [-0.39, 0.29) is 17.9 Å². The first kappa shape index (κ1) is 21.7. The number of alkyl halides is 6. The van der Waals surface area contributed by atoms with Crippen molar-refractivity contribution in [1.29, 1.82) is 0 Å². The van der Waals surface area contributed by atoms with Crippen molar-refractivity contribution in [3.05, 3.63) is 35.7 Å². The van der Waals surface area contributed by atoms with Crippen LogP contribution in [0.2, 0.25) is 0 Å². The minimum absolute atomic E-state index is 0.193. The number of hydrogen-bond donors (Lipinski definition) is 0. The van der Waals surface area contributed by atoms with E-state index >= 15 is 0 Å². The highest BCUT2D eigenvalue weighted by atomic mass is 19.4. The second kappa shape index (κ2) is 8.19. The predicted molar refractivity (Wildman–Crippen MR) is 85.7 cm³/mol. The molecule has 1 amide bonds. The summed E-state index contributed by atoms with van der Waals surface area (Å²) in [5.74, 6) is -3.00. The number of halogens is 6. The summed E-state index contributed by atoms with van der Waals surface area (Å²) in [5, 5.41) is 3.24. The van der Waals surface area contributed by atoms with Crippen LogP contribution in [0.4, 0.5) is 26.3 Å². The molecule has 2 rings (SSSR count). The molecule has 0 saturated heterocycles. The van der Waals surface area contributed by atoms with Crippen LogP contribution in [0.1, 0.15) is 31.7 Å². The largest absolute Gasteiger partial charge is 0.471 e. The Morgan fingerprint density at radius 2 is 1.75 bits per heavy atom. The molecule has 11 heteroatoms. The summed E-state index contributed by atoms with van der Waals surface area (Å²) in [4.78, 5) is 16.2. The molecular weight excluding hydrogens is 392 g/mol. The summed E-state index contributed by atoms with van der Waals surface area (Å²) in [5.41, 5.74) is 0.572. The molecule has 0 radical (unpaired) electrons. The maximum absolute atomic E-state index is 12.8. The molecule has 0 fully saturated rings. The average molecular weight is 409 g/mol. The van der Waals surface area contributed by atoms with Crippen LogP contribution in [0, 0.1) is 5.92 Å². The van der Waals surface area contributed by atoms with Gasteiger partial charge in [-0.1, -0.05) is 43.3 Å². The Morgan fingerprint density at radius 1 is 1.14 bits per heavy atom. The minimum atomic E-state index is -4.78. The summed E-state index contributed by atoms with van der Waals surface area (Å²) >= 11 is 0. The number of aromatic nitrogens is 2. The van der Waals surface area contributed by atoms with Crippen molar-refractivity contribution in [1.82, 2.24) is 15.0 Å². The summed E-state index contributed by atoms with van der Waals surface area (Å²) in [6.45, 7) is 1.56. The molecule has 0 aliphatic rings. The van der Waals surface area contributed by atoms with E-state index in [0.29, 0.717) is 16.9 Å². The Hall–Kier alpha value is -2.59. The lowest BCUT2D eigenvalue weighted by Gasteiger charge is -2.26. The summed E-state index contributed by atoms with van der Waals surface area (Å²) < 4.78 is 80.1. The van der Waals surface area contributed by atoms with Crippen LogP contribution in [0.15, 0.2) is 28.8 Å². The Morgan fingerprint density at radius 3 is 2.21 bits per heavy atom. The third-order valence-electron chi connectivity index (χ3n) is 3.97. The van der Waals surface area contributed by atoms with Gasteiger partial charge >= 0.3 is 18.2 Å². The van der Waals surface area contributed by atoms with E-state index in [0.717, 1.165) is 0 Å². The topological polar surface area (TPSA) is 59.2 Å². The zero-order chi connectivity index (χ0) is 21.1. The molecule has 0 aliphatic carbocycles. The van der Waals surface area contributed by atoms with Gasteiger partial charge in [-0.2, -0.15) is 31.3 Å². The number of benzene rings is 1. The van der Waals surface area contributed by atoms with E-state index in [1.165, 1.54) is 24.3 Å². The summed E-state index contributed by atoms with van der Waals surface area (Å²) in [6.07, 6.45) is -8.94. The monoisotopic (exact) mass is 409 g/mol. The van der Waals surface area contributed by atoms with Crippen molar-refractivity contribution in [2.75, 3.05) is 6.54 Å². The fourth-order valence-corrected chi connectivity index (χ4v) is 2.35. The zero-order valence-electron chi connectivity index (χ0n) is 14.9. The van der Waals surface area contributed by atoms with Crippen LogP contribution in [-0.2, 0) is 17.5 Å². The van der Waals surface area contributed by atoms with Crippen LogP contribution in [0.5, 0.6) is 0 Å². The van der Waals surface area contributed by atoms with Gasteiger partial charge in [0, 0.05) is 18.0 Å². The van der Waals surface area contributed by atoms with Crippen molar-refractivity contribution in [3.8, 4) is 11.4 Å². The van der Waals surface area contributed by atoms with Gasteiger partial charge in [0.25, 0.3) is 0 Å². The maximum Gasteiger partial charge on any atom is 0.471 e. The molecule has 0 bridgehead atoms. The van der Waals surface area contributed by atoms with Gasteiger partial charge in [-0.15, -0.1) is 0 Å². The maximum atomic E-state index is 12.8. The molecule has 1 aromatic carbocycles. The first-order valence-corrected chi connectivity index (χ1v) is 8.26. The molecule has 1 unspecified atom stereocenters. The van der Waals surface area contributed by atoms with E-state index in [4.69, 9.17) is 0 Å². The smallest absolute Gasteiger partial charge is 0.329 e. The number of nitrogens with zero attached hydrogens (tertiary/aromatic N) is 3. The van der Waals surface area contributed by atoms with Gasteiger partial charge in [-0.25, -0.2) is 0 Å². The molecule has 0 spiro atoms. The number of rotatable bonds is 6. The lowest BCUT2D eigenvalue weighted by Crippen LogP contribution is -2.41. The van der Waals surface area contributed by atoms with Gasteiger partial charge in [0.05, 0.1) is 0 Å². The molecular formula is C17H17F6N3O2. The van der Waals surface area contributed by atoms with Crippen LogP contribution in [-0.4, -0.2) is 33.7 Å². The molecule has 1 atom stereocenters. The first-order chi connectivity index (χ1) is 12.9. The normalized spacial score (nSPS) is 13.4. The highest BCUT2D eigenvalue weighted by molar-refractivity contribution is 5.78. The highest BCUT2D eigenvalue weighted by Crippen LogP contribution is 2.29. The van der Waals surface area contributed by atoms with Gasteiger partial charge in [0.2, 0.25) is 11.7 Å². The Labute approximate surface area is 156 Å². The molecule has 0 saturated carbocycles. The third kappa shape index (κ3) is 5.70. The Bertz CT molecular complexity index is 798. The molecule has 1 aromatic heterocycles. The lowest BCUT2D eigenvalue weighted by molar-refractivity contribution is -0.164. The molecule has 0 N–H and O–H groups in total. The van der Waals surface area contributed by atoms with Crippen molar-refractivity contribution in [2.45, 2.75) is 39.2 Å². The quantitative estimate of drug-likeness (QED) is 0.650. The van der Waals surface area contributed by atoms with E-state index < -0.39 is 36.6 Å². The molecule has 5 nitrogen and oxygen atoms in total. The van der Waals surface area contributed by atoms with Crippen LogP contribution in [0.25, 0.3) is 11.4 Å². The molecule has 2 aromatic rings. The van der Waals surface area contributed by atoms with Crippen molar-refractivity contribution < 1.29 is 35.7 Å². The average Bonchev–Trinajstić information content (AvgIpc) is 3.10. The van der Waals surface area contributed by atoms with E-state index in [2.05, 4.69) is 14.7 Å². The molecule has 0 aliphatic heterocycles. The van der Waals surface area contributed by atoms with E-state index in [9.17, 15) is 31.1 Å². The zero-order valence-corrected chi connectivity index (χ0v) is 14.9. The van der Waals surface area contributed by atoms with Crippen LogP contribution >= 0.6 is 0 Å². The second-order valence-electron chi connectivity index (χ2n) is 6.24. The Balaban J connectivity index is 2.18. The SMILES string of the molecule is CCC(C)C(=O)N(Cc1ccc(-c2noc(C(F)(F)F)n2)cc1)CC(F)(F)F. The van der Waals surface area contributed by atoms with Gasteiger partial charge in [0.1, 0.15) is 6.54 Å². The minimum Gasteiger partial charge on any atom is -0.329 e. The third-order valence-corrected chi connectivity index (χ3v) is 3.97. The molecule has 1 heterocycles. The second-order valence-corrected chi connectivity index (χ2v) is 6.24. The standard InChI is InChI=1S/C17H17F6N3O2/c1-3-10(2)14(27)26(9-16(18,19)20)8-11-4-6-12(7-5-11)13-24-15(28-25-13)17(21,22)23/h4-7,10H,3,8-9H2,1-2H3. The van der Waals surface area contributed by atoms with E-state index in [1.54, 1.807) is 13.8 Å². The van der Waals surface area contributed by atoms with Gasteiger partial charge in [-0.3, -0.25) is 4.79 Å². The van der Waals surface area contributed by atoms with Crippen molar-refractivity contribution in [3.63, 3.8) is 0 Å². The number of carbonyl (C=O) groups excluding carboxylic acids is 1. The van der Waals surface area contributed by atoms with Gasteiger partial charge in [-0.05, 0) is 12.0 Å². The van der Waals surface area contributed by atoms with Crippen LogP contribution in [0.3, 0.4) is 0 Å². The highest BCUT2D eigenvalue weighted by Gasteiger charge is 2.38. The van der Waals surface area contributed by atoms with Crippen molar-refractivity contribution >= 4 is 5.91 Å². The fourth-order valence-electron chi connectivity index (χ4n) is 2.35. The fraction of sp³-hybridized carbons (Fsp3) is 0.471. The number of carbonyl (C=O) groups is 1. The Kier molecular flexibility index (Phi) is 6.35. The first-order valence-electron chi connectivity index (χ1n) is 8.26. The van der Waals surface area contributed by atoms with Crippen molar-refractivity contribution in [2.24, 2.45) is 5.92 Å². The van der Waals surface area contributed by atoms with Gasteiger partial charge in [0.15, 0.2) is 0 Å². The lowest BCUT2D eigenvalue weighted by atomic mass is 10.1. The summed E-state index contributed by atoms with van der Waals surface area (Å²) in [7, 11) is 0. The molecule has 154 valence electrons. The van der Waals surface area contributed by atoms with Gasteiger partial charge < -0.3 is 9.42 Å².